The van der Waals surface area contributed by atoms with Crippen molar-refractivity contribution in [2.75, 3.05) is 17.7 Å². The second kappa shape index (κ2) is 8.25. The second-order valence-corrected chi connectivity index (χ2v) is 5.44. The summed E-state index contributed by atoms with van der Waals surface area (Å²) in [7, 11) is 1.53. The fraction of sp³-hybridized carbons (Fsp3) is 0.0588. The molecule has 2 N–H and O–H groups in total. The summed E-state index contributed by atoms with van der Waals surface area (Å²) in [5.74, 6) is -0.0200. The number of methoxy groups -OCH3 is 1. The Bertz CT molecular complexity index is 829. The molecule has 0 heterocycles. The molecule has 0 aromatic heterocycles. The molecule has 0 fully saturated rings. The molecular formula is C17H13Cl2N3O2. The molecule has 0 unspecified atom stereocenters. The molecule has 0 aliphatic heterocycles. The number of nitrogens with one attached hydrogen (secondary N) is 2. The van der Waals surface area contributed by atoms with E-state index in [1.54, 1.807) is 30.3 Å². The lowest BCUT2D eigenvalue weighted by atomic mass is 10.2. The van der Waals surface area contributed by atoms with Gasteiger partial charge in [0.2, 0.25) is 0 Å². The molecule has 0 spiro atoms. The summed E-state index contributed by atoms with van der Waals surface area (Å²) in [4.78, 5) is 12.2. The third-order valence-electron chi connectivity index (χ3n) is 3.02. The number of benzene rings is 2. The summed E-state index contributed by atoms with van der Waals surface area (Å²) in [6.07, 6.45) is 1.30. The van der Waals surface area contributed by atoms with Crippen LogP contribution in [0.2, 0.25) is 10.0 Å². The molecule has 2 aromatic rings. The number of anilines is 2. The van der Waals surface area contributed by atoms with E-state index in [4.69, 9.17) is 27.9 Å². The van der Waals surface area contributed by atoms with E-state index >= 15 is 0 Å². The van der Waals surface area contributed by atoms with Gasteiger partial charge in [0.15, 0.2) is 0 Å². The van der Waals surface area contributed by atoms with Crippen molar-refractivity contribution in [2.45, 2.75) is 0 Å². The molecule has 0 bridgehead atoms. The monoisotopic (exact) mass is 361 g/mol. The average Bonchev–Trinajstić information content (AvgIpc) is 2.59. The summed E-state index contributed by atoms with van der Waals surface area (Å²) in [5.41, 5.74) is 0.825. The maximum absolute atomic E-state index is 12.2. The SMILES string of the molecule is COc1ccccc1N/C=C(/C#N)C(=O)Nc1cc(Cl)ccc1Cl. The minimum Gasteiger partial charge on any atom is -0.495 e. The number of rotatable bonds is 5. The van der Waals surface area contributed by atoms with Gasteiger partial charge < -0.3 is 15.4 Å². The third-order valence-corrected chi connectivity index (χ3v) is 3.59. The molecule has 0 aliphatic rings. The molecule has 0 saturated carbocycles. The molecule has 0 aliphatic carbocycles. The predicted molar refractivity (Wildman–Crippen MR) is 95.4 cm³/mol. The molecule has 24 heavy (non-hydrogen) atoms. The van der Waals surface area contributed by atoms with E-state index in [-0.39, 0.29) is 5.57 Å². The normalized spacial score (nSPS) is 10.7. The van der Waals surface area contributed by atoms with Gasteiger partial charge in [0, 0.05) is 11.2 Å². The summed E-state index contributed by atoms with van der Waals surface area (Å²) >= 11 is 11.9. The molecule has 5 nitrogen and oxygen atoms in total. The van der Waals surface area contributed by atoms with Crippen molar-refractivity contribution >= 4 is 40.5 Å². The quantitative estimate of drug-likeness (QED) is 0.608. The topological polar surface area (TPSA) is 74.1 Å². The largest absolute Gasteiger partial charge is 0.495 e. The highest BCUT2D eigenvalue weighted by Gasteiger charge is 2.12. The molecule has 7 heteroatoms. The van der Waals surface area contributed by atoms with Gasteiger partial charge >= 0.3 is 0 Å². The number of hydrogen-bond acceptors (Lipinski definition) is 4. The Morgan fingerprint density at radius 2 is 1.96 bits per heavy atom. The Labute approximate surface area is 149 Å². The number of halogens is 2. The number of amides is 1. The Hall–Kier alpha value is -2.68. The van der Waals surface area contributed by atoms with E-state index in [1.165, 1.54) is 19.4 Å². The van der Waals surface area contributed by atoms with Crippen LogP contribution < -0.4 is 15.4 Å². The van der Waals surface area contributed by atoms with Crippen molar-refractivity contribution in [2.24, 2.45) is 0 Å². The zero-order valence-electron chi connectivity index (χ0n) is 12.6. The zero-order chi connectivity index (χ0) is 17.5. The lowest BCUT2D eigenvalue weighted by Gasteiger charge is -2.09. The maximum atomic E-state index is 12.2. The minimum atomic E-state index is -0.607. The van der Waals surface area contributed by atoms with Gasteiger partial charge in [-0.15, -0.1) is 0 Å². The molecular weight excluding hydrogens is 349 g/mol. The van der Waals surface area contributed by atoms with Crippen molar-refractivity contribution in [3.63, 3.8) is 0 Å². The van der Waals surface area contributed by atoms with E-state index in [0.29, 0.717) is 27.2 Å². The van der Waals surface area contributed by atoms with Crippen LogP contribution in [0.25, 0.3) is 0 Å². The van der Waals surface area contributed by atoms with Crippen LogP contribution in [-0.4, -0.2) is 13.0 Å². The lowest BCUT2D eigenvalue weighted by Crippen LogP contribution is -2.15. The number of carbonyl (C=O) groups is 1. The summed E-state index contributed by atoms with van der Waals surface area (Å²) in [6, 6.07) is 13.6. The molecule has 122 valence electrons. The van der Waals surface area contributed by atoms with Crippen molar-refractivity contribution < 1.29 is 9.53 Å². The first-order valence-electron chi connectivity index (χ1n) is 6.81. The standard InChI is InChI=1S/C17H13Cl2N3O2/c1-24-16-5-3-2-4-14(16)21-10-11(9-20)17(23)22-15-8-12(18)6-7-13(15)19/h2-8,10,21H,1H3,(H,22,23)/b11-10-. The van der Waals surface area contributed by atoms with E-state index in [2.05, 4.69) is 10.6 Å². The highest BCUT2D eigenvalue weighted by molar-refractivity contribution is 6.35. The van der Waals surface area contributed by atoms with E-state index in [9.17, 15) is 10.1 Å². The van der Waals surface area contributed by atoms with Crippen LogP contribution in [0.3, 0.4) is 0 Å². The Kier molecular flexibility index (Phi) is 6.07. The van der Waals surface area contributed by atoms with Crippen molar-refractivity contribution in [1.29, 1.82) is 5.26 Å². The van der Waals surface area contributed by atoms with E-state index < -0.39 is 5.91 Å². The Morgan fingerprint density at radius 1 is 1.21 bits per heavy atom. The number of ether oxygens (including phenoxy) is 1. The third kappa shape index (κ3) is 4.42. The Balaban J connectivity index is 2.17. The van der Waals surface area contributed by atoms with Gasteiger partial charge in [-0.3, -0.25) is 4.79 Å². The van der Waals surface area contributed by atoms with Crippen LogP contribution in [0.4, 0.5) is 11.4 Å². The molecule has 0 saturated heterocycles. The van der Waals surface area contributed by atoms with Gasteiger partial charge in [-0.25, -0.2) is 0 Å². The van der Waals surface area contributed by atoms with Crippen LogP contribution in [-0.2, 0) is 4.79 Å². The lowest BCUT2D eigenvalue weighted by molar-refractivity contribution is -0.112. The molecule has 2 rings (SSSR count). The van der Waals surface area contributed by atoms with Crippen LogP contribution in [0.15, 0.2) is 54.2 Å². The van der Waals surface area contributed by atoms with Gasteiger partial charge in [0.25, 0.3) is 5.91 Å². The number of nitrogens with zero attached hydrogens (tertiary/aromatic N) is 1. The van der Waals surface area contributed by atoms with E-state index in [1.807, 2.05) is 12.1 Å². The second-order valence-electron chi connectivity index (χ2n) is 4.59. The predicted octanol–water partition coefficient (Wildman–Crippen LogP) is 4.46. The van der Waals surface area contributed by atoms with Gasteiger partial charge in [0.05, 0.1) is 23.5 Å². The van der Waals surface area contributed by atoms with Crippen molar-refractivity contribution in [1.82, 2.24) is 0 Å². The smallest absolute Gasteiger partial charge is 0.267 e. The number of carbonyl (C=O) groups excluding carboxylic acids is 1. The molecule has 2 aromatic carbocycles. The molecule has 0 atom stereocenters. The first kappa shape index (κ1) is 17.7. The van der Waals surface area contributed by atoms with Gasteiger partial charge in [-0.2, -0.15) is 5.26 Å². The van der Waals surface area contributed by atoms with Crippen LogP contribution >= 0.6 is 23.2 Å². The summed E-state index contributed by atoms with van der Waals surface area (Å²) < 4.78 is 5.19. The first-order valence-corrected chi connectivity index (χ1v) is 7.57. The van der Waals surface area contributed by atoms with Crippen molar-refractivity contribution in [3.05, 3.63) is 64.3 Å². The fourth-order valence-electron chi connectivity index (χ4n) is 1.85. The van der Waals surface area contributed by atoms with Gasteiger partial charge in [-0.05, 0) is 30.3 Å². The zero-order valence-corrected chi connectivity index (χ0v) is 14.2. The summed E-state index contributed by atoms with van der Waals surface area (Å²) in [5, 5.41) is 15.4. The van der Waals surface area contributed by atoms with Crippen molar-refractivity contribution in [3.8, 4) is 11.8 Å². The van der Waals surface area contributed by atoms with Crippen LogP contribution in [0, 0.1) is 11.3 Å². The Morgan fingerprint density at radius 3 is 2.67 bits per heavy atom. The summed E-state index contributed by atoms with van der Waals surface area (Å²) in [6.45, 7) is 0. The highest BCUT2D eigenvalue weighted by Crippen LogP contribution is 2.26. The average molecular weight is 362 g/mol. The van der Waals surface area contributed by atoms with E-state index in [0.717, 1.165) is 0 Å². The molecule has 0 radical (unpaired) electrons. The fourth-order valence-corrected chi connectivity index (χ4v) is 2.18. The number of hydrogen-bond donors (Lipinski definition) is 2. The number of para-hydroxylation sites is 2. The maximum Gasteiger partial charge on any atom is 0.267 e. The van der Waals surface area contributed by atoms with Crippen LogP contribution in [0.1, 0.15) is 0 Å². The van der Waals surface area contributed by atoms with Crippen LogP contribution in [0.5, 0.6) is 5.75 Å². The number of nitriles is 1. The van der Waals surface area contributed by atoms with Gasteiger partial charge in [0.1, 0.15) is 17.4 Å². The highest BCUT2D eigenvalue weighted by atomic mass is 35.5. The molecule has 1 amide bonds. The van der Waals surface area contributed by atoms with Gasteiger partial charge in [-0.1, -0.05) is 35.3 Å². The first-order chi connectivity index (χ1) is 11.5. The minimum absolute atomic E-state index is 0.128.